The second-order valence-electron chi connectivity index (χ2n) is 3.27. The molecule has 0 rings (SSSR count). The summed E-state index contributed by atoms with van der Waals surface area (Å²) in [7, 11) is 0. The van der Waals surface area contributed by atoms with E-state index >= 15 is 0 Å². The summed E-state index contributed by atoms with van der Waals surface area (Å²) in [5.74, 6) is 0. The van der Waals surface area contributed by atoms with Crippen molar-refractivity contribution in [2.24, 2.45) is 5.41 Å². The first kappa shape index (κ1) is 17.0. The second kappa shape index (κ2) is 9.69. The molecule has 0 fully saturated rings. The predicted octanol–water partition coefficient (Wildman–Crippen LogP) is 3.48. The molecule has 0 aromatic carbocycles. The normalized spacial score (nSPS) is 9.00. The standard InChI is InChI=1S/C6H14.C3H6.W/c1-5-6(2,3)4;1-3-2;/h5H2,1-4H3;1-3H2;/q;-2;+2. The van der Waals surface area contributed by atoms with Crippen LogP contribution < -0.4 is 0 Å². The van der Waals surface area contributed by atoms with E-state index in [9.17, 15) is 0 Å². The van der Waals surface area contributed by atoms with Gasteiger partial charge in [0.05, 0.1) is 0 Å². The molecule has 0 aromatic heterocycles. The summed E-state index contributed by atoms with van der Waals surface area (Å²) in [4.78, 5) is 0. The third-order valence-electron chi connectivity index (χ3n) is 1.06. The van der Waals surface area contributed by atoms with Crippen molar-refractivity contribution in [2.45, 2.75) is 40.5 Å². The van der Waals surface area contributed by atoms with Crippen LogP contribution in [0.25, 0.3) is 0 Å². The van der Waals surface area contributed by atoms with E-state index in [1.807, 2.05) is 0 Å². The fraction of sp³-hybridized carbons (Fsp3) is 0.778. The van der Waals surface area contributed by atoms with Crippen molar-refractivity contribution in [3.8, 4) is 0 Å². The molecule has 0 N–H and O–H groups in total. The van der Waals surface area contributed by atoms with Gasteiger partial charge in [-0.1, -0.05) is 34.1 Å². The van der Waals surface area contributed by atoms with E-state index in [0.717, 1.165) is 6.42 Å². The van der Waals surface area contributed by atoms with Gasteiger partial charge in [0.1, 0.15) is 0 Å². The van der Waals surface area contributed by atoms with Gasteiger partial charge in [-0.25, -0.2) is 0 Å². The van der Waals surface area contributed by atoms with Gasteiger partial charge in [0.2, 0.25) is 0 Å². The SMILES string of the molecule is CCC(C)(C)C.[CH2-]C[CH2-].[W+2]. The molecule has 0 bridgehead atoms. The molecule has 10 heavy (non-hydrogen) atoms. The van der Waals surface area contributed by atoms with E-state index in [2.05, 4.69) is 41.5 Å². The summed E-state index contributed by atoms with van der Waals surface area (Å²) in [6, 6.07) is 0. The van der Waals surface area contributed by atoms with Crippen LogP contribution in [0.1, 0.15) is 40.5 Å². The number of hydrogen-bond acceptors (Lipinski definition) is 0. The molecule has 0 aliphatic heterocycles. The average molecular weight is 312 g/mol. The average Bonchev–Trinajstić information content (AvgIpc) is 1.67. The molecule has 0 saturated heterocycles. The Labute approximate surface area is 81.1 Å². The monoisotopic (exact) mass is 312 g/mol. The first-order valence-electron chi connectivity index (χ1n) is 3.56. The first-order valence-corrected chi connectivity index (χ1v) is 3.56. The third kappa shape index (κ3) is 37.8. The molecule has 0 aliphatic carbocycles. The van der Waals surface area contributed by atoms with Crippen molar-refractivity contribution < 1.29 is 21.1 Å². The van der Waals surface area contributed by atoms with Gasteiger partial charge in [-0.2, -0.15) is 0 Å². The first-order chi connectivity index (χ1) is 3.97. The molecule has 62 valence electrons. The van der Waals surface area contributed by atoms with Gasteiger partial charge in [-0.3, -0.25) is 0 Å². The maximum absolute atomic E-state index is 3.38. The van der Waals surface area contributed by atoms with E-state index in [0.29, 0.717) is 5.41 Å². The van der Waals surface area contributed by atoms with Crippen LogP contribution in [-0.2, 0) is 21.1 Å². The van der Waals surface area contributed by atoms with Crippen LogP contribution in [0.5, 0.6) is 0 Å². The smallest absolute Gasteiger partial charge is 0.372 e. The summed E-state index contributed by atoms with van der Waals surface area (Å²) in [6.07, 6.45) is 2.02. The summed E-state index contributed by atoms with van der Waals surface area (Å²) in [5.41, 5.74) is 0.542. The maximum Gasteiger partial charge on any atom is 2.00 e. The molecule has 0 radical (unpaired) electrons. The van der Waals surface area contributed by atoms with E-state index in [-0.39, 0.29) is 21.1 Å². The molecule has 0 nitrogen and oxygen atoms in total. The minimum atomic E-state index is 0. The largest absolute Gasteiger partial charge is 2.00 e. The van der Waals surface area contributed by atoms with Gasteiger partial charge in [-0.15, -0.1) is 0 Å². The molecule has 0 saturated carbocycles. The Balaban J connectivity index is -0.000000107. The zero-order chi connectivity index (χ0) is 7.91. The Bertz CT molecular complexity index is 43.2. The number of hydrogen-bond donors (Lipinski definition) is 0. The molecular formula is C9H20W. The molecule has 0 aromatic rings. The van der Waals surface area contributed by atoms with Gasteiger partial charge in [0.15, 0.2) is 0 Å². The van der Waals surface area contributed by atoms with Gasteiger partial charge in [0, 0.05) is 0 Å². The summed E-state index contributed by atoms with van der Waals surface area (Å²) < 4.78 is 0. The van der Waals surface area contributed by atoms with Crippen LogP contribution in [-0.4, -0.2) is 0 Å². The van der Waals surface area contributed by atoms with Gasteiger partial charge < -0.3 is 20.3 Å². The molecule has 0 spiro atoms. The van der Waals surface area contributed by atoms with Crippen molar-refractivity contribution in [1.29, 1.82) is 0 Å². The molecule has 0 atom stereocenters. The topological polar surface area (TPSA) is 0 Å². The van der Waals surface area contributed by atoms with Crippen molar-refractivity contribution in [3.63, 3.8) is 0 Å². The zero-order valence-electron chi connectivity index (χ0n) is 7.74. The van der Waals surface area contributed by atoms with E-state index < -0.39 is 0 Å². The van der Waals surface area contributed by atoms with E-state index in [1.54, 1.807) is 0 Å². The summed E-state index contributed by atoms with van der Waals surface area (Å²) in [6.45, 7) is 15.7. The molecule has 0 aliphatic rings. The van der Waals surface area contributed by atoms with E-state index in [4.69, 9.17) is 0 Å². The Hall–Kier alpha value is 0.688. The zero-order valence-corrected chi connectivity index (χ0v) is 10.7. The van der Waals surface area contributed by atoms with Crippen LogP contribution >= 0.6 is 0 Å². The van der Waals surface area contributed by atoms with Crippen molar-refractivity contribution in [2.75, 3.05) is 0 Å². The van der Waals surface area contributed by atoms with Crippen LogP contribution in [0, 0.1) is 19.3 Å². The summed E-state index contributed by atoms with van der Waals surface area (Å²) in [5, 5.41) is 0. The molecule has 0 unspecified atom stereocenters. The van der Waals surface area contributed by atoms with Crippen LogP contribution in [0.15, 0.2) is 0 Å². The quantitative estimate of drug-likeness (QED) is 0.601. The van der Waals surface area contributed by atoms with Gasteiger partial charge >= 0.3 is 21.1 Å². The minimum absolute atomic E-state index is 0. The molecule has 1 heteroatoms. The molecule has 0 heterocycles. The van der Waals surface area contributed by atoms with Crippen molar-refractivity contribution in [3.05, 3.63) is 13.8 Å². The fourth-order valence-electron chi connectivity index (χ4n) is 0. The second-order valence-corrected chi connectivity index (χ2v) is 3.27. The summed E-state index contributed by atoms with van der Waals surface area (Å²) >= 11 is 0. The van der Waals surface area contributed by atoms with Gasteiger partial charge in [0.25, 0.3) is 0 Å². The number of rotatable bonds is 0. The molecular weight excluding hydrogens is 292 g/mol. The van der Waals surface area contributed by atoms with Crippen molar-refractivity contribution >= 4 is 0 Å². The van der Waals surface area contributed by atoms with Crippen LogP contribution in [0.2, 0.25) is 0 Å². The predicted molar refractivity (Wildman–Crippen MR) is 45.1 cm³/mol. The minimum Gasteiger partial charge on any atom is -0.372 e. The van der Waals surface area contributed by atoms with Gasteiger partial charge in [-0.05, 0) is 5.41 Å². The van der Waals surface area contributed by atoms with E-state index in [1.165, 1.54) is 6.42 Å². The van der Waals surface area contributed by atoms with Crippen molar-refractivity contribution in [1.82, 2.24) is 0 Å². The Morgan fingerprint density at radius 3 is 1.20 bits per heavy atom. The molecule has 0 amide bonds. The Morgan fingerprint density at radius 2 is 1.20 bits per heavy atom. The fourth-order valence-corrected chi connectivity index (χ4v) is 0. The maximum atomic E-state index is 3.38. The Kier molecular flexibility index (Phi) is 16.4. The third-order valence-corrected chi connectivity index (χ3v) is 1.06. The Morgan fingerprint density at radius 1 is 1.10 bits per heavy atom. The van der Waals surface area contributed by atoms with Crippen LogP contribution in [0.4, 0.5) is 0 Å². The van der Waals surface area contributed by atoms with Crippen LogP contribution in [0.3, 0.4) is 0 Å².